The van der Waals surface area contributed by atoms with Crippen LogP contribution >= 0.6 is 0 Å². The van der Waals surface area contributed by atoms with E-state index in [0.717, 1.165) is 12.1 Å². The lowest BCUT2D eigenvalue weighted by atomic mass is 10.1. The molecule has 1 rings (SSSR count). The Labute approximate surface area is 104 Å². The van der Waals surface area contributed by atoms with E-state index in [1.165, 1.54) is 4.90 Å². The van der Waals surface area contributed by atoms with Crippen LogP contribution in [0.5, 0.6) is 0 Å². The highest BCUT2D eigenvalue weighted by atomic mass is 19.2. The monoisotopic (exact) mass is 258 g/mol. The first-order chi connectivity index (χ1) is 8.47. The molecule has 0 spiro atoms. The first-order valence-corrected chi connectivity index (χ1v) is 5.46. The second-order valence-electron chi connectivity index (χ2n) is 3.93. The van der Waals surface area contributed by atoms with Gasteiger partial charge in [0, 0.05) is 39.1 Å². The Morgan fingerprint density at radius 3 is 2.61 bits per heavy atom. The van der Waals surface area contributed by atoms with Crippen molar-refractivity contribution in [3.05, 3.63) is 29.3 Å². The zero-order chi connectivity index (χ0) is 13.7. The molecule has 0 atom stereocenters. The number of carbonyl (C=O) groups excluding carboxylic acids is 1. The number of nitrogen functional groups attached to an aromatic ring is 1. The predicted molar refractivity (Wildman–Crippen MR) is 64.2 cm³/mol. The van der Waals surface area contributed by atoms with Crippen molar-refractivity contribution in [2.75, 3.05) is 33.0 Å². The average molecular weight is 258 g/mol. The smallest absolute Gasteiger partial charge is 0.255 e. The van der Waals surface area contributed by atoms with Crippen LogP contribution in [0.2, 0.25) is 0 Å². The lowest BCUT2D eigenvalue weighted by Crippen LogP contribution is -2.29. The number of hydrogen-bond acceptors (Lipinski definition) is 3. The third-order valence-electron chi connectivity index (χ3n) is 2.51. The summed E-state index contributed by atoms with van der Waals surface area (Å²) in [6.45, 7) is 0.968. The van der Waals surface area contributed by atoms with Gasteiger partial charge in [0.1, 0.15) is 0 Å². The SMILES string of the molecule is COCCCN(C)C(=O)c1cc(F)c(F)cc1N. The number of amides is 1. The second-order valence-corrected chi connectivity index (χ2v) is 3.93. The molecule has 0 aliphatic rings. The van der Waals surface area contributed by atoms with E-state index < -0.39 is 17.5 Å². The minimum atomic E-state index is -1.09. The molecule has 0 saturated carbocycles. The molecule has 0 radical (unpaired) electrons. The fourth-order valence-corrected chi connectivity index (χ4v) is 1.50. The summed E-state index contributed by atoms with van der Waals surface area (Å²) in [5, 5.41) is 0. The van der Waals surface area contributed by atoms with Gasteiger partial charge in [-0.25, -0.2) is 8.78 Å². The van der Waals surface area contributed by atoms with Crippen molar-refractivity contribution >= 4 is 11.6 Å². The van der Waals surface area contributed by atoms with Gasteiger partial charge in [-0.2, -0.15) is 0 Å². The first kappa shape index (κ1) is 14.4. The molecule has 0 fully saturated rings. The van der Waals surface area contributed by atoms with Crippen molar-refractivity contribution in [2.45, 2.75) is 6.42 Å². The molecule has 100 valence electrons. The Morgan fingerprint density at radius 2 is 2.00 bits per heavy atom. The molecule has 2 N–H and O–H groups in total. The maximum absolute atomic E-state index is 13.1. The number of anilines is 1. The van der Waals surface area contributed by atoms with Crippen LogP contribution in [0, 0.1) is 11.6 Å². The highest BCUT2D eigenvalue weighted by molar-refractivity contribution is 5.99. The molecule has 18 heavy (non-hydrogen) atoms. The first-order valence-electron chi connectivity index (χ1n) is 5.46. The van der Waals surface area contributed by atoms with Crippen LogP contribution in [0.3, 0.4) is 0 Å². The van der Waals surface area contributed by atoms with Crippen LogP contribution in [0.25, 0.3) is 0 Å². The summed E-state index contributed by atoms with van der Waals surface area (Å²) in [4.78, 5) is 13.3. The van der Waals surface area contributed by atoms with Gasteiger partial charge in [-0.05, 0) is 12.5 Å². The normalized spacial score (nSPS) is 10.4. The second kappa shape index (κ2) is 6.30. The van der Waals surface area contributed by atoms with E-state index in [2.05, 4.69) is 0 Å². The minimum absolute atomic E-state index is 0.0335. The molecule has 0 aromatic heterocycles. The number of nitrogens with two attached hydrogens (primary N) is 1. The van der Waals surface area contributed by atoms with Gasteiger partial charge in [-0.15, -0.1) is 0 Å². The van der Waals surface area contributed by atoms with E-state index in [9.17, 15) is 13.6 Å². The summed E-state index contributed by atoms with van der Waals surface area (Å²) < 4.78 is 30.8. The zero-order valence-electron chi connectivity index (χ0n) is 10.4. The van der Waals surface area contributed by atoms with Gasteiger partial charge in [0.05, 0.1) is 5.56 Å². The summed E-state index contributed by atoms with van der Waals surface area (Å²) in [5.41, 5.74) is 5.40. The molecular weight excluding hydrogens is 242 g/mol. The van der Waals surface area contributed by atoms with E-state index >= 15 is 0 Å². The summed E-state index contributed by atoms with van der Waals surface area (Å²) in [6.07, 6.45) is 0.655. The molecule has 0 heterocycles. The van der Waals surface area contributed by atoms with Crippen LogP contribution in [0.15, 0.2) is 12.1 Å². The predicted octanol–water partition coefficient (Wildman–Crippen LogP) is 1.66. The third-order valence-corrected chi connectivity index (χ3v) is 2.51. The van der Waals surface area contributed by atoms with Gasteiger partial charge in [0.2, 0.25) is 0 Å². The van der Waals surface area contributed by atoms with E-state index in [0.29, 0.717) is 19.6 Å². The average Bonchev–Trinajstić information content (AvgIpc) is 2.33. The maximum atomic E-state index is 13.1. The van der Waals surface area contributed by atoms with Gasteiger partial charge >= 0.3 is 0 Å². The molecule has 0 unspecified atom stereocenters. The van der Waals surface area contributed by atoms with Gasteiger partial charge in [0.25, 0.3) is 5.91 Å². The number of nitrogens with zero attached hydrogens (tertiary/aromatic N) is 1. The van der Waals surface area contributed by atoms with Crippen molar-refractivity contribution in [3.63, 3.8) is 0 Å². The van der Waals surface area contributed by atoms with Crippen molar-refractivity contribution in [2.24, 2.45) is 0 Å². The standard InChI is InChI=1S/C12H16F2N2O2/c1-16(4-3-5-18-2)12(17)8-6-9(13)10(14)7-11(8)15/h6-7H,3-5,15H2,1-2H3. The number of halogens is 2. The minimum Gasteiger partial charge on any atom is -0.398 e. The van der Waals surface area contributed by atoms with Gasteiger partial charge in [0.15, 0.2) is 11.6 Å². The van der Waals surface area contributed by atoms with E-state index in [1.54, 1.807) is 14.2 Å². The number of ether oxygens (including phenoxy) is 1. The van der Waals surface area contributed by atoms with Crippen molar-refractivity contribution in [1.29, 1.82) is 0 Å². The van der Waals surface area contributed by atoms with Crippen LogP contribution in [0.4, 0.5) is 14.5 Å². The topological polar surface area (TPSA) is 55.6 Å². The van der Waals surface area contributed by atoms with Gasteiger partial charge in [-0.3, -0.25) is 4.79 Å². The Hall–Kier alpha value is -1.69. The number of hydrogen-bond donors (Lipinski definition) is 1. The van der Waals surface area contributed by atoms with Crippen LogP contribution < -0.4 is 5.73 Å². The van der Waals surface area contributed by atoms with E-state index in [4.69, 9.17) is 10.5 Å². The highest BCUT2D eigenvalue weighted by Crippen LogP contribution is 2.18. The zero-order valence-corrected chi connectivity index (χ0v) is 10.4. The molecule has 4 nitrogen and oxygen atoms in total. The summed E-state index contributed by atoms with van der Waals surface area (Å²) in [7, 11) is 3.13. The number of carbonyl (C=O) groups is 1. The number of benzene rings is 1. The van der Waals surface area contributed by atoms with Crippen molar-refractivity contribution < 1.29 is 18.3 Å². The summed E-state index contributed by atoms with van der Waals surface area (Å²) >= 11 is 0. The molecule has 6 heteroatoms. The quantitative estimate of drug-likeness (QED) is 0.645. The fraction of sp³-hybridized carbons (Fsp3) is 0.417. The van der Waals surface area contributed by atoms with E-state index in [-0.39, 0.29) is 11.3 Å². The van der Waals surface area contributed by atoms with E-state index in [1.807, 2.05) is 0 Å². The molecule has 0 aliphatic heterocycles. The van der Waals surface area contributed by atoms with Crippen LogP contribution in [0.1, 0.15) is 16.8 Å². The molecule has 1 amide bonds. The Morgan fingerprint density at radius 1 is 1.39 bits per heavy atom. The third kappa shape index (κ3) is 3.40. The highest BCUT2D eigenvalue weighted by Gasteiger charge is 2.17. The summed E-state index contributed by atoms with van der Waals surface area (Å²) in [6, 6.07) is 1.63. The number of methoxy groups -OCH3 is 1. The molecule has 0 bridgehead atoms. The van der Waals surface area contributed by atoms with Gasteiger partial charge in [-0.1, -0.05) is 0 Å². The molecule has 0 aliphatic carbocycles. The molecule has 0 saturated heterocycles. The lowest BCUT2D eigenvalue weighted by molar-refractivity contribution is 0.0780. The summed E-state index contributed by atoms with van der Waals surface area (Å²) in [5.74, 6) is -2.59. The van der Waals surface area contributed by atoms with Gasteiger partial charge < -0.3 is 15.4 Å². The molecular formula is C12H16F2N2O2. The molecule has 1 aromatic rings. The largest absolute Gasteiger partial charge is 0.398 e. The fourth-order valence-electron chi connectivity index (χ4n) is 1.50. The maximum Gasteiger partial charge on any atom is 0.255 e. The lowest BCUT2D eigenvalue weighted by Gasteiger charge is -2.18. The number of rotatable bonds is 5. The molecule has 1 aromatic carbocycles. The van der Waals surface area contributed by atoms with Crippen LogP contribution in [-0.2, 0) is 4.74 Å². The van der Waals surface area contributed by atoms with Crippen LogP contribution in [-0.4, -0.2) is 38.1 Å². The van der Waals surface area contributed by atoms with Crippen molar-refractivity contribution in [1.82, 2.24) is 4.90 Å². The Kier molecular flexibility index (Phi) is 5.03. The van der Waals surface area contributed by atoms with Crippen molar-refractivity contribution in [3.8, 4) is 0 Å². The Balaban J connectivity index is 2.80. The Bertz CT molecular complexity index is 438.